The lowest BCUT2D eigenvalue weighted by Crippen LogP contribution is -2.30. The largest absolute Gasteiger partial charge is 0.492 e. The van der Waals surface area contributed by atoms with Crippen LogP contribution >= 0.6 is 44.3 Å². The van der Waals surface area contributed by atoms with E-state index in [-0.39, 0.29) is 12.4 Å². The van der Waals surface area contributed by atoms with Crippen LogP contribution in [-0.2, 0) is 6.54 Å². The van der Waals surface area contributed by atoms with Crippen molar-refractivity contribution in [3.05, 3.63) is 26.6 Å². The molecule has 0 unspecified atom stereocenters. The van der Waals surface area contributed by atoms with E-state index in [1.165, 1.54) is 37.7 Å². The third-order valence-corrected chi connectivity index (χ3v) is 4.61. The Morgan fingerprint density at radius 3 is 2.55 bits per heavy atom. The van der Waals surface area contributed by atoms with Gasteiger partial charge in [0.2, 0.25) is 0 Å². The van der Waals surface area contributed by atoms with Crippen LogP contribution in [0.4, 0.5) is 0 Å². The number of hydrogen-bond acceptors (Lipinski definition) is 2. The van der Waals surface area contributed by atoms with Gasteiger partial charge in [0.25, 0.3) is 0 Å². The molecule has 114 valence electrons. The number of halogens is 3. The lowest BCUT2D eigenvalue weighted by Gasteiger charge is -2.23. The zero-order valence-electron chi connectivity index (χ0n) is 11.8. The second-order valence-electron chi connectivity index (χ2n) is 5.02. The lowest BCUT2D eigenvalue weighted by molar-refractivity contribution is 0.328. The zero-order valence-corrected chi connectivity index (χ0v) is 15.7. The van der Waals surface area contributed by atoms with Gasteiger partial charge in [-0.1, -0.05) is 35.2 Å². The van der Waals surface area contributed by atoms with Crippen LogP contribution in [-0.4, -0.2) is 12.6 Å². The Balaban J connectivity index is 0.00000200. The highest BCUT2D eigenvalue weighted by Crippen LogP contribution is 2.33. The molecule has 0 spiro atoms. The average molecular weight is 428 g/mol. The third-order valence-electron chi connectivity index (χ3n) is 3.56. The smallest absolute Gasteiger partial charge is 0.138 e. The molecule has 5 heteroatoms. The maximum Gasteiger partial charge on any atom is 0.138 e. The van der Waals surface area contributed by atoms with Crippen molar-refractivity contribution >= 4 is 44.3 Å². The number of ether oxygens (including phenoxy) is 1. The van der Waals surface area contributed by atoms with Crippen LogP contribution in [0.5, 0.6) is 5.75 Å². The van der Waals surface area contributed by atoms with Gasteiger partial charge in [0, 0.05) is 22.6 Å². The number of nitrogens with one attached hydrogen (secondary N) is 1. The highest BCUT2D eigenvalue weighted by atomic mass is 79.9. The number of hydrogen-bond donors (Lipinski definition) is 1. The molecule has 0 aromatic heterocycles. The normalized spacial score (nSPS) is 15.8. The minimum atomic E-state index is 0. The summed E-state index contributed by atoms with van der Waals surface area (Å²) < 4.78 is 7.86. The van der Waals surface area contributed by atoms with E-state index in [9.17, 15) is 0 Å². The molecule has 1 aromatic carbocycles. The first-order valence-electron chi connectivity index (χ1n) is 7.04. The van der Waals surface area contributed by atoms with Crippen molar-refractivity contribution in [2.75, 3.05) is 6.61 Å². The highest BCUT2D eigenvalue weighted by Gasteiger charge is 2.15. The third kappa shape index (κ3) is 5.21. The van der Waals surface area contributed by atoms with Crippen LogP contribution in [0, 0.1) is 0 Å². The van der Waals surface area contributed by atoms with Gasteiger partial charge in [-0.25, -0.2) is 0 Å². The van der Waals surface area contributed by atoms with Crippen molar-refractivity contribution in [1.82, 2.24) is 5.32 Å². The van der Waals surface area contributed by atoms with E-state index in [1.54, 1.807) is 0 Å². The van der Waals surface area contributed by atoms with Gasteiger partial charge in [0.1, 0.15) is 5.75 Å². The van der Waals surface area contributed by atoms with E-state index < -0.39 is 0 Å². The Labute approximate surface area is 144 Å². The molecule has 2 nitrogen and oxygen atoms in total. The van der Waals surface area contributed by atoms with E-state index in [2.05, 4.69) is 43.2 Å². The second-order valence-corrected chi connectivity index (χ2v) is 6.79. The van der Waals surface area contributed by atoms with Gasteiger partial charge in [-0.2, -0.15) is 0 Å². The molecular weight excluding hydrogens is 405 g/mol. The highest BCUT2D eigenvalue weighted by molar-refractivity contribution is 9.11. The molecule has 2 rings (SSSR count). The summed E-state index contributed by atoms with van der Waals surface area (Å²) in [5.41, 5.74) is 1.22. The molecular formula is C15H22Br2ClNO. The Bertz CT molecular complexity index is 423. The van der Waals surface area contributed by atoms with Crippen LogP contribution in [0.3, 0.4) is 0 Å². The molecule has 0 atom stereocenters. The first kappa shape index (κ1) is 18.3. The summed E-state index contributed by atoms with van der Waals surface area (Å²) >= 11 is 7.13. The lowest BCUT2D eigenvalue weighted by atomic mass is 9.95. The fourth-order valence-electron chi connectivity index (χ4n) is 2.61. The summed E-state index contributed by atoms with van der Waals surface area (Å²) in [5, 5.41) is 3.67. The molecule has 0 saturated heterocycles. The summed E-state index contributed by atoms with van der Waals surface area (Å²) in [7, 11) is 0. The molecule has 0 radical (unpaired) electrons. The average Bonchev–Trinajstić information content (AvgIpc) is 2.41. The van der Waals surface area contributed by atoms with Gasteiger partial charge in [0.05, 0.1) is 11.1 Å². The van der Waals surface area contributed by atoms with Crippen LogP contribution < -0.4 is 10.1 Å². The number of benzene rings is 1. The van der Waals surface area contributed by atoms with Crippen LogP contribution in [0.25, 0.3) is 0 Å². The van der Waals surface area contributed by atoms with Crippen LogP contribution in [0.1, 0.15) is 44.6 Å². The molecule has 0 aliphatic heterocycles. The van der Waals surface area contributed by atoms with Gasteiger partial charge in [-0.15, -0.1) is 12.4 Å². The van der Waals surface area contributed by atoms with Crippen molar-refractivity contribution in [1.29, 1.82) is 0 Å². The number of rotatable bonds is 5. The quantitative estimate of drug-likeness (QED) is 0.674. The van der Waals surface area contributed by atoms with Crippen molar-refractivity contribution in [3.8, 4) is 5.75 Å². The molecule has 1 N–H and O–H groups in total. The van der Waals surface area contributed by atoms with E-state index >= 15 is 0 Å². The van der Waals surface area contributed by atoms with E-state index in [0.717, 1.165) is 21.2 Å². The van der Waals surface area contributed by atoms with Crippen LogP contribution in [0.2, 0.25) is 0 Å². The van der Waals surface area contributed by atoms with Gasteiger partial charge >= 0.3 is 0 Å². The molecule has 0 heterocycles. The summed E-state index contributed by atoms with van der Waals surface area (Å²) in [5.74, 6) is 0.967. The summed E-state index contributed by atoms with van der Waals surface area (Å²) in [6, 6.07) is 4.85. The van der Waals surface area contributed by atoms with E-state index in [0.29, 0.717) is 12.6 Å². The minimum absolute atomic E-state index is 0. The molecule has 1 saturated carbocycles. The zero-order chi connectivity index (χ0) is 13.7. The van der Waals surface area contributed by atoms with Gasteiger partial charge in [0.15, 0.2) is 0 Å². The molecule has 20 heavy (non-hydrogen) atoms. The minimum Gasteiger partial charge on any atom is -0.492 e. The van der Waals surface area contributed by atoms with Gasteiger partial charge < -0.3 is 10.1 Å². The topological polar surface area (TPSA) is 21.3 Å². The Morgan fingerprint density at radius 2 is 1.90 bits per heavy atom. The van der Waals surface area contributed by atoms with E-state index in [4.69, 9.17) is 4.74 Å². The first-order valence-corrected chi connectivity index (χ1v) is 8.63. The Morgan fingerprint density at radius 1 is 1.20 bits per heavy atom. The van der Waals surface area contributed by atoms with Gasteiger partial charge in [-0.3, -0.25) is 0 Å². The van der Waals surface area contributed by atoms with Crippen molar-refractivity contribution in [2.24, 2.45) is 0 Å². The molecule has 0 amide bonds. The fraction of sp³-hybridized carbons (Fsp3) is 0.600. The Kier molecular flexibility index (Phi) is 8.49. The monoisotopic (exact) mass is 425 g/mol. The summed E-state index contributed by atoms with van der Waals surface area (Å²) in [4.78, 5) is 0. The van der Waals surface area contributed by atoms with Gasteiger partial charge in [-0.05, 0) is 47.8 Å². The molecule has 0 bridgehead atoms. The van der Waals surface area contributed by atoms with Crippen molar-refractivity contribution < 1.29 is 4.74 Å². The first-order chi connectivity index (χ1) is 9.20. The standard InChI is InChI=1S/C15H21Br2NO.ClH/c1-2-19-15-11(8-12(16)9-14(15)17)10-18-13-6-4-3-5-7-13;/h8-9,13,18H,2-7,10H2,1H3;1H. The second kappa shape index (κ2) is 9.29. The molecule has 1 fully saturated rings. The molecule has 1 aromatic rings. The maximum atomic E-state index is 5.75. The van der Waals surface area contributed by atoms with Crippen molar-refractivity contribution in [2.45, 2.75) is 51.6 Å². The molecule has 1 aliphatic rings. The SMILES string of the molecule is CCOc1c(Br)cc(Br)cc1CNC1CCCCC1.Cl. The predicted octanol–water partition coefficient (Wildman–Crippen LogP) is 5.45. The summed E-state index contributed by atoms with van der Waals surface area (Å²) in [6.07, 6.45) is 6.72. The van der Waals surface area contributed by atoms with Crippen LogP contribution in [0.15, 0.2) is 21.1 Å². The van der Waals surface area contributed by atoms with Crippen molar-refractivity contribution in [3.63, 3.8) is 0 Å². The maximum absolute atomic E-state index is 5.75. The molecule has 1 aliphatic carbocycles. The Hall–Kier alpha value is 0.230. The predicted molar refractivity (Wildman–Crippen MR) is 94.0 cm³/mol. The van der Waals surface area contributed by atoms with E-state index in [1.807, 2.05) is 13.0 Å². The fourth-order valence-corrected chi connectivity index (χ4v) is 4.04. The summed E-state index contributed by atoms with van der Waals surface area (Å²) in [6.45, 7) is 3.58.